The Hall–Kier alpha value is -1.62. The van der Waals surface area contributed by atoms with Crippen LogP contribution in [0.5, 0.6) is 0 Å². The number of ether oxygens (including phenoxy) is 1. The van der Waals surface area contributed by atoms with E-state index in [0.29, 0.717) is 18.7 Å². The molecule has 1 heterocycles. The van der Waals surface area contributed by atoms with Crippen LogP contribution >= 0.6 is 0 Å². The Balaban J connectivity index is 2.32. The number of amides is 1. The second kappa shape index (κ2) is 9.31. The first-order valence-corrected chi connectivity index (χ1v) is 7.19. The summed E-state index contributed by atoms with van der Waals surface area (Å²) in [6.45, 7) is 6.14. The Morgan fingerprint density at radius 1 is 1.35 bits per heavy atom. The average Bonchev–Trinajstić information content (AvgIpc) is 2.45. The maximum atomic E-state index is 12.0. The number of hydrogen-bond donors (Lipinski definition) is 2. The maximum Gasteiger partial charge on any atom is 0.254 e. The lowest BCUT2D eigenvalue weighted by atomic mass is 10.2. The van der Waals surface area contributed by atoms with Gasteiger partial charge in [-0.1, -0.05) is 13.3 Å². The van der Waals surface area contributed by atoms with Gasteiger partial charge in [-0.2, -0.15) is 0 Å². The van der Waals surface area contributed by atoms with Gasteiger partial charge in [0.15, 0.2) is 0 Å². The molecule has 112 valence electrons. The third-order valence-electron chi connectivity index (χ3n) is 2.95. The largest absolute Gasteiger partial charge is 0.387 e. The van der Waals surface area contributed by atoms with E-state index in [1.807, 2.05) is 13.0 Å². The van der Waals surface area contributed by atoms with E-state index < -0.39 is 0 Å². The van der Waals surface area contributed by atoms with Crippen molar-refractivity contribution < 1.29 is 9.53 Å². The van der Waals surface area contributed by atoms with E-state index in [0.717, 1.165) is 37.3 Å². The number of unbranched alkanes of at least 4 members (excludes halogenated alkanes) is 1. The minimum atomic E-state index is -0.101. The summed E-state index contributed by atoms with van der Waals surface area (Å²) in [5.74, 6) is -0.101. The second-order valence-corrected chi connectivity index (χ2v) is 4.70. The molecule has 0 spiro atoms. The Kier molecular flexibility index (Phi) is 7.65. The van der Waals surface area contributed by atoms with Crippen molar-refractivity contribution in [1.82, 2.24) is 10.3 Å². The van der Waals surface area contributed by atoms with Gasteiger partial charge < -0.3 is 15.4 Å². The zero-order valence-corrected chi connectivity index (χ0v) is 12.7. The van der Waals surface area contributed by atoms with Crippen molar-refractivity contribution in [2.24, 2.45) is 0 Å². The van der Waals surface area contributed by atoms with Gasteiger partial charge in [-0.3, -0.25) is 9.78 Å². The lowest BCUT2D eigenvalue weighted by Gasteiger charge is -2.10. The standard InChI is InChI=1S/C15H25N3O2/c1-4-5-8-20-9-6-7-17-15(19)13-11-18-12(2)10-14(13)16-3/h10-11H,4-9H2,1-3H3,(H,16,18)(H,17,19). The number of aryl methyl sites for hydroxylation is 1. The minimum Gasteiger partial charge on any atom is -0.387 e. The van der Waals surface area contributed by atoms with Gasteiger partial charge >= 0.3 is 0 Å². The number of nitrogens with one attached hydrogen (secondary N) is 2. The second-order valence-electron chi connectivity index (χ2n) is 4.70. The molecule has 0 radical (unpaired) electrons. The molecule has 2 N–H and O–H groups in total. The molecule has 0 atom stereocenters. The highest BCUT2D eigenvalue weighted by molar-refractivity contribution is 5.99. The van der Waals surface area contributed by atoms with Crippen molar-refractivity contribution in [3.8, 4) is 0 Å². The molecule has 5 heteroatoms. The molecule has 0 aromatic carbocycles. The molecule has 1 aromatic rings. The fourth-order valence-corrected chi connectivity index (χ4v) is 1.77. The van der Waals surface area contributed by atoms with Gasteiger partial charge in [0.05, 0.1) is 11.3 Å². The number of carbonyl (C=O) groups excluding carboxylic acids is 1. The molecule has 1 aromatic heterocycles. The molecular formula is C15H25N3O2. The fraction of sp³-hybridized carbons (Fsp3) is 0.600. The van der Waals surface area contributed by atoms with E-state index in [2.05, 4.69) is 22.5 Å². The van der Waals surface area contributed by atoms with Crippen molar-refractivity contribution in [2.75, 3.05) is 32.1 Å². The van der Waals surface area contributed by atoms with Crippen LogP contribution in [0.2, 0.25) is 0 Å². The van der Waals surface area contributed by atoms with Gasteiger partial charge in [0.1, 0.15) is 0 Å². The van der Waals surface area contributed by atoms with Crippen molar-refractivity contribution in [3.63, 3.8) is 0 Å². The lowest BCUT2D eigenvalue weighted by molar-refractivity contribution is 0.0941. The summed E-state index contributed by atoms with van der Waals surface area (Å²) in [5.41, 5.74) is 2.26. The first-order chi connectivity index (χ1) is 9.69. The van der Waals surface area contributed by atoms with E-state index in [9.17, 15) is 4.79 Å². The molecule has 0 fully saturated rings. The Morgan fingerprint density at radius 3 is 2.80 bits per heavy atom. The highest BCUT2D eigenvalue weighted by atomic mass is 16.5. The molecule has 0 aliphatic rings. The number of anilines is 1. The fourth-order valence-electron chi connectivity index (χ4n) is 1.77. The summed E-state index contributed by atoms with van der Waals surface area (Å²) >= 11 is 0. The molecule has 20 heavy (non-hydrogen) atoms. The Morgan fingerprint density at radius 2 is 2.10 bits per heavy atom. The first-order valence-electron chi connectivity index (χ1n) is 7.19. The van der Waals surface area contributed by atoms with Gasteiger partial charge in [0.2, 0.25) is 0 Å². The van der Waals surface area contributed by atoms with E-state index in [1.54, 1.807) is 13.2 Å². The smallest absolute Gasteiger partial charge is 0.254 e. The van der Waals surface area contributed by atoms with Crippen LogP contribution in [0.3, 0.4) is 0 Å². The van der Waals surface area contributed by atoms with Crippen molar-refractivity contribution in [2.45, 2.75) is 33.1 Å². The number of pyridine rings is 1. The topological polar surface area (TPSA) is 63.2 Å². The van der Waals surface area contributed by atoms with Crippen LogP contribution in [-0.2, 0) is 4.74 Å². The van der Waals surface area contributed by atoms with E-state index in [-0.39, 0.29) is 5.91 Å². The third kappa shape index (κ3) is 5.57. The highest BCUT2D eigenvalue weighted by Gasteiger charge is 2.10. The predicted octanol–water partition coefficient (Wildman–Crippen LogP) is 2.37. The number of aromatic nitrogens is 1. The quantitative estimate of drug-likeness (QED) is 0.681. The number of carbonyl (C=O) groups is 1. The van der Waals surface area contributed by atoms with Crippen LogP contribution in [0.25, 0.3) is 0 Å². The summed E-state index contributed by atoms with van der Waals surface area (Å²) in [6, 6.07) is 1.86. The van der Waals surface area contributed by atoms with Crippen LogP contribution in [0.4, 0.5) is 5.69 Å². The van der Waals surface area contributed by atoms with Crippen LogP contribution in [0, 0.1) is 6.92 Å². The summed E-state index contributed by atoms with van der Waals surface area (Å²) in [5, 5.41) is 5.90. The van der Waals surface area contributed by atoms with Gasteiger partial charge in [-0.25, -0.2) is 0 Å². The lowest BCUT2D eigenvalue weighted by Crippen LogP contribution is -2.26. The van der Waals surface area contributed by atoms with E-state index >= 15 is 0 Å². The summed E-state index contributed by atoms with van der Waals surface area (Å²) in [7, 11) is 1.80. The van der Waals surface area contributed by atoms with Crippen LogP contribution in [0.1, 0.15) is 42.2 Å². The number of rotatable bonds is 9. The van der Waals surface area contributed by atoms with Crippen LogP contribution in [0.15, 0.2) is 12.3 Å². The van der Waals surface area contributed by atoms with Crippen molar-refractivity contribution in [1.29, 1.82) is 0 Å². The van der Waals surface area contributed by atoms with Gasteiger partial charge in [-0.05, 0) is 25.8 Å². The van der Waals surface area contributed by atoms with Crippen LogP contribution in [-0.4, -0.2) is 37.7 Å². The van der Waals surface area contributed by atoms with E-state index in [4.69, 9.17) is 4.74 Å². The van der Waals surface area contributed by atoms with Gasteiger partial charge in [-0.15, -0.1) is 0 Å². The monoisotopic (exact) mass is 279 g/mol. The highest BCUT2D eigenvalue weighted by Crippen LogP contribution is 2.14. The molecule has 1 rings (SSSR count). The van der Waals surface area contributed by atoms with E-state index in [1.165, 1.54) is 0 Å². The summed E-state index contributed by atoms with van der Waals surface area (Å²) in [4.78, 5) is 16.2. The van der Waals surface area contributed by atoms with Gasteiger partial charge in [0.25, 0.3) is 5.91 Å². The molecule has 0 saturated heterocycles. The molecule has 0 bridgehead atoms. The molecule has 5 nitrogen and oxygen atoms in total. The summed E-state index contributed by atoms with van der Waals surface area (Å²) in [6.07, 6.45) is 4.66. The number of nitrogens with zero attached hydrogens (tertiary/aromatic N) is 1. The normalized spacial score (nSPS) is 10.3. The Labute approximate surface area is 121 Å². The zero-order valence-electron chi connectivity index (χ0n) is 12.7. The van der Waals surface area contributed by atoms with Crippen molar-refractivity contribution >= 4 is 11.6 Å². The summed E-state index contributed by atoms with van der Waals surface area (Å²) < 4.78 is 5.45. The molecule has 1 amide bonds. The van der Waals surface area contributed by atoms with Gasteiger partial charge in [0, 0.05) is 38.7 Å². The zero-order chi connectivity index (χ0) is 14.8. The third-order valence-corrected chi connectivity index (χ3v) is 2.95. The maximum absolute atomic E-state index is 12.0. The Bertz CT molecular complexity index is 422. The number of hydrogen-bond acceptors (Lipinski definition) is 4. The molecule has 0 aliphatic carbocycles. The average molecular weight is 279 g/mol. The first kappa shape index (κ1) is 16.4. The minimum absolute atomic E-state index is 0.101. The molecule has 0 saturated carbocycles. The molecular weight excluding hydrogens is 254 g/mol. The van der Waals surface area contributed by atoms with Crippen LogP contribution < -0.4 is 10.6 Å². The van der Waals surface area contributed by atoms with Crippen molar-refractivity contribution in [3.05, 3.63) is 23.5 Å². The molecule has 0 unspecified atom stereocenters. The SMILES string of the molecule is CCCCOCCCNC(=O)c1cnc(C)cc1NC. The molecule has 0 aliphatic heterocycles. The predicted molar refractivity (Wildman–Crippen MR) is 81.2 cm³/mol.